The molecule has 0 N–H and O–H groups in total. The van der Waals surface area contributed by atoms with Gasteiger partial charge in [-0.1, -0.05) is 6.92 Å². The van der Waals surface area contributed by atoms with E-state index in [4.69, 9.17) is 5.26 Å². The first-order chi connectivity index (χ1) is 7.79. The highest BCUT2D eigenvalue weighted by Gasteiger charge is 2.10. The molecule has 0 aliphatic carbocycles. The van der Waals surface area contributed by atoms with Crippen LogP contribution >= 0.6 is 11.8 Å². The number of aryl methyl sites for hydroxylation is 1. The van der Waals surface area contributed by atoms with Gasteiger partial charge in [-0.25, -0.2) is 9.13 Å². The third-order valence-corrected chi connectivity index (χ3v) is 3.50. The minimum absolute atomic E-state index is 0.673. The first-order valence-corrected chi connectivity index (χ1v) is 6.95. The number of nitrogens with zero attached hydrogens (tertiary/aromatic N) is 3. The van der Waals surface area contributed by atoms with Gasteiger partial charge < -0.3 is 0 Å². The fraction of sp³-hybridized carbons (Fsp3) is 0.667. The Hall–Kier alpha value is -0.950. The monoisotopic (exact) mass is 238 g/mol. The third-order valence-electron chi connectivity index (χ3n) is 2.63. The second-order valence-electron chi connectivity index (χ2n) is 3.75. The summed E-state index contributed by atoms with van der Waals surface area (Å²) in [7, 11) is 0. The van der Waals surface area contributed by atoms with Crippen molar-refractivity contribution in [2.24, 2.45) is 0 Å². The zero-order valence-electron chi connectivity index (χ0n) is 10.1. The molecule has 1 heterocycles. The second kappa shape index (κ2) is 7.34. The van der Waals surface area contributed by atoms with Gasteiger partial charge in [-0.2, -0.15) is 5.26 Å². The van der Waals surface area contributed by atoms with E-state index in [9.17, 15) is 0 Å². The molecule has 0 aromatic carbocycles. The Morgan fingerprint density at radius 3 is 3.00 bits per heavy atom. The van der Waals surface area contributed by atoms with Gasteiger partial charge in [-0.15, -0.1) is 11.8 Å². The van der Waals surface area contributed by atoms with E-state index in [0.29, 0.717) is 6.42 Å². The Kier molecular flexibility index (Phi) is 6.02. The van der Waals surface area contributed by atoms with Crippen LogP contribution in [0.25, 0.3) is 0 Å². The lowest BCUT2D eigenvalue weighted by molar-refractivity contribution is -0.681. The van der Waals surface area contributed by atoms with Gasteiger partial charge >= 0.3 is 0 Å². The number of thioether (sulfide) groups is 1. The summed E-state index contributed by atoms with van der Waals surface area (Å²) in [4.78, 5) is 0. The van der Waals surface area contributed by atoms with Crippen LogP contribution in [0.1, 0.15) is 32.0 Å². The number of rotatable bonds is 7. The molecule has 88 valence electrons. The maximum Gasteiger partial charge on any atom is 0.253 e. The molecule has 0 amide bonds. The molecule has 4 heteroatoms. The highest BCUT2D eigenvalue weighted by molar-refractivity contribution is 7.98. The normalized spacial score (nSPS) is 10.3. The number of hydrogen-bond donors (Lipinski definition) is 0. The van der Waals surface area contributed by atoms with Crippen LogP contribution in [-0.2, 0) is 12.4 Å². The minimum atomic E-state index is 0.673. The molecule has 3 nitrogen and oxygen atoms in total. The van der Waals surface area contributed by atoms with Crippen LogP contribution in [-0.4, -0.2) is 10.3 Å². The fourth-order valence-corrected chi connectivity index (χ4v) is 2.24. The van der Waals surface area contributed by atoms with Crippen molar-refractivity contribution in [3.63, 3.8) is 0 Å². The van der Waals surface area contributed by atoms with Crippen molar-refractivity contribution in [2.75, 3.05) is 5.75 Å². The minimum Gasteiger partial charge on any atom is -0.234 e. The van der Waals surface area contributed by atoms with Crippen LogP contribution in [0.2, 0.25) is 0 Å². The molecule has 0 saturated carbocycles. The van der Waals surface area contributed by atoms with E-state index in [1.165, 1.54) is 5.82 Å². The van der Waals surface area contributed by atoms with Gasteiger partial charge in [-0.3, -0.25) is 0 Å². The lowest BCUT2D eigenvalue weighted by Crippen LogP contribution is -2.34. The van der Waals surface area contributed by atoms with Crippen LogP contribution in [0.5, 0.6) is 0 Å². The molecular formula is C12H20N3S+. The molecule has 0 unspecified atom stereocenters. The van der Waals surface area contributed by atoms with Gasteiger partial charge in [0.25, 0.3) is 5.82 Å². The van der Waals surface area contributed by atoms with Crippen molar-refractivity contribution in [3.8, 4) is 6.07 Å². The molecule has 0 saturated heterocycles. The molecule has 16 heavy (non-hydrogen) atoms. The molecule has 0 aliphatic rings. The summed E-state index contributed by atoms with van der Waals surface area (Å²) in [6, 6.07) is 2.18. The van der Waals surface area contributed by atoms with Crippen LogP contribution in [0.4, 0.5) is 0 Å². The maximum absolute atomic E-state index is 8.46. The van der Waals surface area contributed by atoms with Crippen molar-refractivity contribution in [1.29, 1.82) is 5.26 Å². The van der Waals surface area contributed by atoms with Crippen molar-refractivity contribution >= 4 is 11.8 Å². The number of imidazole rings is 1. The van der Waals surface area contributed by atoms with Gasteiger partial charge in [0.05, 0.1) is 12.6 Å². The summed E-state index contributed by atoms with van der Waals surface area (Å²) < 4.78 is 4.55. The molecule has 1 aromatic heterocycles. The van der Waals surface area contributed by atoms with Gasteiger partial charge in [0.15, 0.2) is 0 Å². The average molecular weight is 238 g/mol. The first-order valence-electron chi connectivity index (χ1n) is 5.79. The summed E-state index contributed by atoms with van der Waals surface area (Å²) in [5.41, 5.74) is 0. The number of nitriles is 1. The first kappa shape index (κ1) is 13.1. The van der Waals surface area contributed by atoms with E-state index in [1.54, 1.807) is 0 Å². The number of hydrogen-bond acceptors (Lipinski definition) is 2. The highest BCUT2D eigenvalue weighted by atomic mass is 32.2. The van der Waals surface area contributed by atoms with Crippen molar-refractivity contribution < 1.29 is 4.57 Å². The zero-order valence-corrected chi connectivity index (χ0v) is 11.0. The quantitative estimate of drug-likeness (QED) is 0.540. The number of unbranched alkanes of at least 4 members (excludes halogenated alkanes) is 2. The summed E-state index contributed by atoms with van der Waals surface area (Å²) in [5.74, 6) is 3.49. The smallest absolute Gasteiger partial charge is 0.234 e. The Morgan fingerprint density at radius 1 is 1.50 bits per heavy atom. The molecular weight excluding hydrogens is 218 g/mol. The van der Waals surface area contributed by atoms with E-state index in [0.717, 1.165) is 31.0 Å². The van der Waals surface area contributed by atoms with E-state index in [2.05, 4.69) is 41.4 Å². The average Bonchev–Trinajstić information content (AvgIpc) is 2.64. The molecule has 0 atom stereocenters. The van der Waals surface area contributed by atoms with Crippen LogP contribution < -0.4 is 4.57 Å². The largest absolute Gasteiger partial charge is 0.253 e. The zero-order chi connectivity index (χ0) is 11.8. The van der Waals surface area contributed by atoms with E-state index in [-0.39, 0.29) is 0 Å². The van der Waals surface area contributed by atoms with Crippen molar-refractivity contribution in [2.45, 2.75) is 45.5 Å². The lowest BCUT2D eigenvalue weighted by Gasteiger charge is -2.00. The highest BCUT2D eigenvalue weighted by Crippen LogP contribution is 2.03. The molecule has 0 aliphatic heterocycles. The molecule has 0 spiro atoms. The SMILES string of the molecule is CCSC[n+]1ccn(CCCCC#N)c1C. The van der Waals surface area contributed by atoms with Crippen molar-refractivity contribution in [1.82, 2.24) is 4.57 Å². The van der Waals surface area contributed by atoms with Crippen molar-refractivity contribution in [3.05, 3.63) is 18.2 Å². The van der Waals surface area contributed by atoms with Gasteiger partial charge in [-0.05, 0) is 18.6 Å². The van der Waals surface area contributed by atoms with Crippen LogP contribution in [0, 0.1) is 18.3 Å². The third kappa shape index (κ3) is 3.90. The standard InChI is InChI=1S/C12H20N3S/c1-3-16-11-15-10-9-14(12(15)2)8-6-4-5-7-13/h9-10H,3-6,8,11H2,1-2H3/q+1. The molecule has 0 radical (unpaired) electrons. The van der Waals surface area contributed by atoms with E-state index in [1.807, 2.05) is 11.8 Å². The van der Waals surface area contributed by atoms with Crippen LogP contribution in [0.15, 0.2) is 12.4 Å². The predicted molar refractivity (Wildman–Crippen MR) is 67.0 cm³/mol. The van der Waals surface area contributed by atoms with Gasteiger partial charge in [0.2, 0.25) is 0 Å². The lowest BCUT2D eigenvalue weighted by atomic mass is 10.2. The maximum atomic E-state index is 8.46. The Labute approximate surface area is 102 Å². The van der Waals surface area contributed by atoms with Gasteiger partial charge in [0, 0.05) is 13.3 Å². The summed E-state index contributed by atoms with van der Waals surface area (Å²) in [6.45, 7) is 5.36. The van der Waals surface area contributed by atoms with Gasteiger partial charge in [0.1, 0.15) is 18.3 Å². The topological polar surface area (TPSA) is 32.6 Å². The molecule has 1 rings (SSSR count). The van der Waals surface area contributed by atoms with Crippen LogP contribution in [0.3, 0.4) is 0 Å². The Bertz CT molecular complexity index is 352. The fourth-order valence-electron chi connectivity index (χ4n) is 1.59. The predicted octanol–water partition coefficient (Wildman–Crippen LogP) is 2.49. The van der Waals surface area contributed by atoms with E-state index >= 15 is 0 Å². The van der Waals surface area contributed by atoms with E-state index < -0.39 is 0 Å². The molecule has 1 aromatic rings. The summed E-state index contributed by atoms with van der Waals surface area (Å²) in [5, 5.41) is 8.46. The molecule has 0 bridgehead atoms. The summed E-state index contributed by atoms with van der Waals surface area (Å²) >= 11 is 1.93. The second-order valence-corrected chi connectivity index (χ2v) is 4.99. The number of aromatic nitrogens is 2. The Balaban J connectivity index is 2.42. The molecule has 0 fully saturated rings. The summed E-state index contributed by atoms with van der Waals surface area (Å²) in [6.07, 6.45) is 7.04. The Morgan fingerprint density at radius 2 is 2.31 bits per heavy atom.